The van der Waals surface area contributed by atoms with Crippen molar-refractivity contribution in [2.75, 3.05) is 49.4 Å². The van der Waals surface area contributed by atoms with Gasteiger partial charge in [0.15, 0.2) is 0 Å². The van der Waals surface area contributed by atoms with Gasteiger partial charge in [-0.25, -0.2) is 4.79 Å². The summed E-state index contributed by atoms with van der Waals surface area (Å²) in [4.78, 5) is 28.8. The standard InChI is InChI=1S/C19H24N4O3.Na/c1-21(2)14-5-9-16(10-6-14)23(19(26)20-13-18(24)25)17-11-7-15(8-12-17)22(3)4;/h5-12H,13H2,1-4H3,(H,20,26)(H,24,25);. The average molecular weight is 379 g/mol. The Kier molecular flexibility index (Phi) is 8.62. The molecule has 139 valence electrons. The minimum atomic E-state index is -1.09. The molecule has 1 radical (unpaired) electrons. The number of carbonyl (C=O) groups is 2. The van der Waals surface area contributed by atoms with Crippen LogP contribution in [0.2, 0.25) is 0 Å². The Bertz CT molecular complexity index is 710. The van der Waals surface area contributed by atoms with E-state index in [2.05, 4.69) is 5.32 Å². The summed E-state index contributed by atoms with van der Waals surface area (Å²) >= 11 is 0. The zero-order valence-corrected chi connectivity index (χ0v) is 18.4. The molecule has 0 unspecified atom stereocenters. The van der Waals surface area contributed by atoms with Crippen molar-refractivity contribution in [1.82, 2.24) is 5.32 Å². The maximum Gasteiger partial charge on any atom is 0.326 e. The number of benzene rings is 2. The van der Waals surface area contributed by atoms with Crippen molar-refractivity contribution in [3.63, 3.8) is 0 Å². The molecular weight excluding hydrogens is 355 g/mol. The Morgan fingerprint density at radius 1 is 0.778 bits per heavy atom. The van der Waals surface area contributed by atoms with Crippen LogP contribution in [0.3, 0.4) is 0 Å². The van der Waals surface area contributed by atoms with Gasteiger partial charge in [-0.3, -0.25) is 9.69 Å². The molecule has 0 spiro atoms. The van der Waals surface area contributed by atoms with E-state index in [9.17, 15) is 9.59 Å². The second-order valence-corrected chi connectivity index (χ2v) is 6.21. The summed E-state index contributed by atoms with van der Waals surface area (Å²) in [5, 5.41) is 11.3. The van der Waals surface area contributed by atoms with Gasteiger partial charge in [0.1, 0.15) is 6.54 Å². The van der Waals surface area contributed by atoms with Gasteiger partial charge in [-0.05, 0) is 48.5 Å². The van der Waals surface area contributed by atoms with Gasteiger partial charge in [-0.2, -0.15) is 0 Å². The summed E-state index contributed by atoms with van der Waals surface area (Å²) in [7, 11) is 7.75. The van der Waals surface area contributed by atoms with Crippen molar-refractivity contribution in [1.29, 1.82) is 0 Å². The predicted molar refractivity (Wildman–Crippen MR) is 110 cm³/mol. The number of hydrogen-bond donors (Lipinski definition) is 2. The van der Waals surface area contributed by atoms with Crippen LogP contribution in [0.1, 0.15) is 0 Å². The molecule has 0 bridgehead atoms. The Hall–Kier alpha value is -2.22. The van der Waals surface area contributed by atoms with Gasteiger partial charge >= 0.3 is 12.0 Å². The number of rotatable bonds is 6. The number of nitrogens with zero attached hydrogens (tertiary/aromatic N) is 3. The molecule has 2 aromatic rings. The molecule has 2 aromatic carbocycles. The summed E-state index contributed by atoms with van der Waals surface area (Å²) in [5.74, 6) is -1.09. The molecule has 27 heavy (non-hydrogen) atoms. The van der Waals surface area contributed by atoms with Gasteiger partial charge in [0, 0.05) is 69.1 Å². The maximum atomic E-state index is 12.6. The van der Waals surface area contributed by atoms with Gasteiger partial charge < -0.3 is 20.2 Å². The first-order chi connectivity index (χ1) is 12.3. The van der Waals surface area contributed by atoms with E-state index < -0.39 is 18.5 Å². The largest absolute Gasteiger partial charge is 0.480 e. The van der Waals surface area contributed by atoms with E-state index in [1.807, 2.05) is 86.5 Å². The molecule has 7 nitrogen and oxygen atoms in total. The topological polar surface area (TPSA) is 76.1 Å². The molecule has 0 heterocycles. The first kappa shape index (κ1) is 22.8. The Morgan fingerprint density at radius 2 is 1.11 bits per heavy atom. The number of aliphatic carboxylic acids is 1. The van der Waals surface area contributed by atoms with Crippen molar-refractivity contribution in [2.45, 2.75) is 0 Å². The van der Waals surface area contributed by atoms with Gasteiger partial charge in [0.2, 0.25) is 0 Å². The zero-order valence-electron chi connectivity index (χ0n) is 16.4. The molecular formula is C19H24N4NaO3. The molecule has 0 atom stereocenters. The van der Waals surface area contributed by atoms with E-state index in [0.29, 0.717) is 11.4 Å². The SMILES string of the molecule is CN(C)c1ccc(N(C(=O)NCC(=O)O)c2ccc(N(C)C)cc2)cc1.[Na]. The van der Waals surface area contributed by atoms with Crippen molar-refractivity contribution in [3.05, 3.63) is 48.5 Å². The minimum absolute atomic E-state index is 0. The van der Waals surface area contributed by atoms with Gasteiger partial charge in [-0.1, -0.05) is 0 Å². The van der Waals surface area contributed by atoms with E-state index in [1.54, 1.807) is 0 Å². The van der Waals surface area contributed by atoms with E-state index >= 15 is 0 Å². The van der Waals surface area contributed by atoms with Gasteiger partial charge in [0.25, 0.3) is 0 Å². The van der Waals surface area contributed by atoms with Crippen molar-refractivity contribution in [3.8, 4) is 0 Å². The summed E-state index contributed by atoms with van der Waals surface area (Å²) in [5.41, 5.74) is 3.30. The number of carbonyl (C=O) groups excluding carboxylic acids is 1. The first-order valence-corrected chi connectivity index (χ1v) is 8.14. The van der Waals surface area contributed by atoms with Crippen LogP contribution in [0.4, 0.5) is 27.5 Å². The van der Waals surface area contributed by atoms with Crippen LogP contribution in [0.25, 0.3) is 0 Å². The number of amides is 2. The second kappa shape index (κ2) is 10.2. The van der Waals surface area contributed by atoms with Crippen LogP contribution in [-0.2, 0) is 4.79 Å². The third kappa shape index (κ3) is 6.16. The number of carboxylic acids is 1. The van der Waals surface area contributed by atoms with Crippen LogP contribution < -0.4 is 20.0 Å². The predicted octanol–water partition coefficient (Wildman–Crippen LogP) is 2.37. The Balaban J connectivity index is 0.00000364. The molecule has 2 amide bonds. The second-order valence-electron chi connectivity index (χ2n) is 6.21. The summed E-state index contributed by atoms with van der Waals surface area (Å²) in [6.07, 6.45) is 0. The van der Waals surface area contributed by atoms with Crippen molar-refractivity contribution >= 4 is 64.3 Å². The molecule has 0 aliphatic heterocycles. The third-order valence-corrected chi connectivity index (χ3v) is 3.84. The van der Waals surface area contributed by atoms with Gasteiger partial charge in [0.05, 0.1) is 11.4 Å². The van der Waals surface area contributed by atoms with Crippen molar-refractivity contribution in [2.24, 2.45) is 0 Å². The maximum absolute atomic E-state index is 12.6. The summed E-state index contributed by atoms with van der Waals surface area (Å²) in [6, 6.07) is 14.4. The monoisotopic (exact) mass is 379 g/mol. The molecule has 0 saturated carbocycles. The molecule has 0 aliphatic carbocycles. The van der Waals surface area contributed by atoms with E-state index in [-0.39, 0.29) is 29.6 Å². The summed E-state index contributed by atoms with van der Waals surface area (Å²) < 4.78 is 0. The Morgan fingerprint density at radius 3 is 1.41 bits per heavy atom. The molecule has 0 aliphatic rings. The van der Waals surface area contributed by atoms with Crippen LogP contribution in [0.5, 0.6) is 0 Å². The fourth-order valence-corrected chi connectivity index (χ4v) is 2.41. The number of urea groups is 1. The first-order valence-electron chi connectivity index (χ1n) is 8.14. The quantitative estimate of drug-likeness (QED) is 0.754. The van der Waals surface area contributed by atoms with Crippen LogP contribution >= 0.6 is 0 Å². The van der Waals surface area contributed by atoms with E-state index in [0.717, 1.165) is 11.4 Å². The van der Waals surface area contributed by atoms with Crippen LogP contribution in [0.15, 0.2) is 48.5 Å². The van der Waals surface area contributed by atoms with E-state index in [4.69, 9.17) is 5.11 Å². The number of nitrogens with one attached hydrogen (secondary N) is 1. The third-order valence-electron chi connectivity index (χ3n) is 3.84. The fourth-order valence-electron chi connectivity index (χ4n) is 2.41. The number of hydrogen-bond acceptors (Lipinski definition) is 4. The minimum Gasteiger partial charge on any atom is -0.480 e. The molecule has 8 heteroatoms. The molecule has 0 aromatic heterocycles. The smallest absolute Gasteiger partial charge is 0.326 e. The summed E-state index contributed by atoms with van der Waals surface area (Å²) in [6.45, 7) is -0.444. The van der Waals surface area contributed by atoms with Gasteiger partial charge in [-0.15, -0.1) is 0 Å². The van der Waals surface area contributed by atoms with Crippen LogP contribution in [0, 0.1) is 0 Å². The normalized spacial score (nSPS) is 9.78. The molecule has 2 rings (SSSR count). The zero-order chi connectivity index (χ0) is 19.3. The Labute approximate surface area is 181 Å². The van der Waals surface area contributed by atoms with E-state index in [1.165, 1.54) is 4.90 Å². The van der Waals surface area contributed by atoms with Crippen LogP contribution in [-0.4, -0.2) is 81.4 Å². The number of anilines is 4. The number of carboxylic acid groups (broad SMARTS) is 1. The fraction of sp³-hybridized carbons (Fsp3) is 0.263. The molecule has 2 N–H and O–H groups in total. The molecule has 0 saturated heterocycles. The molecule has 0 fully saturated rings. The van der Waals surface area contributed by atoms with Crippen molar-refractivity contribution < 1.29 is 14.7 Å². The average Bonchev–Trinajstić information content (AvgIpc) is 2.61.